The summed E-state index contributed by atoms with van der Waals surface area (Å²) in [5.74, 6) is 1.67. The van der Waals surface area contributed by atoms with Gasteiger partial charge in [-0.2, -0.15) is 0 Å². The van der Waals surface area contributed by atoms with E-state index >= 15 is 0 Å². The van der Waals surface area contributed by atoms with Crippen molar-refractivity contribution in [2.24, 2.45) is 0 Å². The highest BCUT2D eigenvalue weighted by Gasteiger charge is 2.23. The van der Waals surface area contributed by atoms with Crippen LogP contribution in [0.5, 0.6) is 11.5 Å². The van der Waals surface area contributed by atoms with Crippen LogP contribution in [-0.2, 0) is 15.0 Å². The Bertz CT molecular complexity index is 803. The Morgan fingerprint density at radius 1 is 0.742 bits per heavy atom. The number of ether oxygens (including phenoxy) is 2. The summed E-state index contributed by atoms with van der Waals surface area (Å²) in [6.07, 6.45) is 4.97. The van der Waals surface area contributed by atoms with Gasteiger partial charge in [0.15, 0.2) is 11.6 Å². The lowest BCUT2D eigenvalue weighted by Gasteiger charge is -2.26. The van der Waals surface area contributed by atoms with Gasteiger partial charge >= 0.3 is 0 Å². The van der Waals surface area contributed by atoms with Crippen molar-refractivity contribution in [1.29, 1.82) is 0 Å². The summed E-state index contributed by atoms with van der Waals surface area (Å²) < 4.78 is 11.5. The molecule has 0 heterocycles. The molecule has 0 aromatic heterocycles. The van der Waals surface area contributed by atoms with Gasteiger partial charge in [0.2, 0.25) is 0 Å². The molecule has 164 valence electrons. The normalized spacial score (nSPS) is 10.9. The highest BCUT2D eigenvalue weighted by Crippen LogP contribution is 2.33. The predicted octanol–water partition coefficient (Wildman–Crippen LogP) is 5.84. The molecule has 0 radical (unpaired) electrons. The Balaban J connectivity index is 1.90. The fraction of sp³-hybridized carbons (Fsp3) is 0.333. The van der Waals surface area contributed by atoms with Crippen molar-refractivity contribution in [2.75, 3.05) is 13.2 Å². The lowest BCUT2D eigenvalue weighted by atomic mass is 9.78. The Kier molecular flexibility index (Phi) is 9.26. The molecule has 0 aliphatic carbocycles. The fourth-order valence-electron chi connectivity index (χ4n) is 3.18. The van der Waals surface area contributed by atoms with E-state index in [2.05, 4.69) is 51.3 Å². The summed E-state index contributed by atoms with van der Waals surface area (Å²) >= 11 is 0. The molecule has 0 N–H and O–H groups in total. The van der Waals surface area contributed by atoms with Crippen molar-refractivity contribution in [2.45, 2.75) is 44.9 Å². The van der Waals surface area contributed by atoms with Gasteiger partial charge in [-0.3, -0.25) is 9.59 Å². The molecule has 0 saturated carbocycles. The average Bonchev–Trinajstić information content (AvgIpc) is 2.79. The molecule has 4 heteroatoms. The first-order valence-corrected chi connectivity index (χ1v) is 10.6. The minimum atomic E-state index is -0.177. The molecule has 0 aliphatic heterocycles. The number of rotatable bonds is 14. The van der Waals surface area contributed by atoms with E-state index in [4.69, 9.17) is 9.47 Å². The molecule has 0 spiro atoms. The molecule has 0 unspecified atom stereocenters. The molecule has 0 atom stereocenters. The van der Waals surface area contributed by atoms with Gasteiger partial charge in [-0.15, -0.1) is 0 Å². The molecule has 0 amide bonds. The first-order valence-electron chi connectivity index (χ1n) is 10.6. The van der Waals surface area contributed by atoms with E-state index in [1.165, 1.54) is 23.3 Å². The van der Waals surface area contributed by atoms with Crippen LogP contribution in [0.1, 0.15) is 50.7 Å². The molecule has 2 aromatic rings. The van der Waals surface area contributed by atoms with Crippen LogP contribution in [0.4, 0.5) is 0 Å². The monoisotopic (exact) mass is 420 g/mol. The summed E-state index contributed by atoms with van der Waals surface area (Å²) in [6.45, 7) is 12.3. The molecule has 31 heavy (non-hydrogen) atoms. The highest BCUT2D eigenvalue weighted by molar-refractivity contribution is 5.89. The Morgan fingerprint density at radius 2 is 1.10 bits per heavy atom. The Hall–Kier alpha value is -3.14. The molecule has 2 rings (SSSR count). The van der Waals surface area contributed by atoms with Crippen molar-refractivity contribution in [1.82, 2.24) is 0 Å². The summed E-state index contributed by atoms with van der Waals surface area (Å²) in [5, 5.41) is 0. The first-order chi connectivity index (χ1) is 14.9. The van der Waals surface area contributed by atoms with Crippen LogP contribution in [0.15, 0.2) is 73.8 Å². The second-order valence-electron chi connectivity index (χ2n) is 7.92. The zero-order valence-corrected chi connectivity index (χ0v) is 18.6. The molecular weight excluding hydrogens is 388 g/mol. The zero-order valence-electron chi connectivity index (χ0n) is 18.6. The molecule has 0 saturated heterocycles. The summed E-state index contributed by atoms with van der Waals surface area (Å²) in [4.78, 5) is 22.5. The quantitative estimate of drug-likeness (QED) is 0.285. The number of ketones is 2. The van der Waals surface area contributed by atoms with Gasteiger partial charge in [-0.05, 0) is 60.4 Å². The SMILES string of the molecule is C=CC(=O)CCCOc1ccc(C(C)(C)c2ccc(OCCCC(=O)C=C)cc2)cc1. The minimum absolute atomic E-state index is 0.0416. The fourth-order valence-corrected chi connectivity index (χ4v) is 3.18. The lowest BCUT2D eigenvalue weighted by molar-refractivity contribution is -0.115. The number of benzene rings is 2. The number of carbonyl (C=O) groups excluding carboxylic acids is 2. The van der Waals surface area contributed by atoms with E-state index in [-0.39, 0.29) is 17.0 Å². The van der Waals surface area contributed by atoms with Crippen molar-refractivity contribution in [3.63, 3.8) is 0 Å². The molecule has 0 bridgehead atoms. The summed E-state index contributed by atoms with van der Waals surface area (Å²) in [7, 11) is 0. The number of carbonyl (C=O) groups is 2. The largest absolute Gasteiger partial charge is 0.494 e. The van der Waals surface area contributed by atoms with Crippen LogP contribution >= 0.6 is 0 Å². The molecule has 2 aromatic carbocycles. The minimum Gasteiger partial charge on any atom is -0.494 e. The standard InChI is InChI=1S/C27H32O4/c1-5-23(28)9-7-19-30-25-15-11-21(12-16-25)27(3,4)22-13-17-26(18-14-22)31-20-8-10-24(29)6-2/h5-6,11-18H,1-2,7-10,19-20H2,3-4H3. The van der Waals surface area contributed by atoms with Gasteiger partial charge in [0.25, 0.3) is 0 Å². The number of allylic oxidation sites excluding steroid dienone is 2. The van der Waals surface area contributed by atoms with Crippen molar-refractivity contribution in [3.8, 4) is 11.5 Å². The van der Waals surface area contributed by atoms with Crippen LogP contribution in [0, 0.1) is 0 Å². The maximum absolute atomic E-state index is 11.2. The highest BCUT2D eigenvalue weighted by atomic mass is 16.5. The number of hydrogen-bond donors (Lipinski definition) is 0. The Morgan fingerprint density at radius 3 is 1.42 bits per heavy atom. The van der Waals surface area contributed by atoms with Crippen LogP contribution < -0.4 is 9.47 Å². The van der Waals surface area contributed by atoms with Crippen molar-refractivity contribution in [3.05, 3.63) is 85.0 Å². The van der Waals surface area contributed by atoms with Gasteiger partial charge in [-0.1, -0.05) is 51.3 Å². The third-order valence-electron chi connectivity index (χ3n) is 5.28. The maximum atomic E-state index is 11.2. The third kappa shape index (κ3) is 7.56. The smallest absolute Gasteiger partial charge is 0.155 e. The van der Waals surface area contributed by atoms with Gasteiger partial charge in [-0.25, -0.2) is 0 Å². The van der Waals surface area contributed by atoms with Gasteiger partial charge in [0.1, 0.15) is 11.5 Å². The average molecular weight is 421 g/mol. The molecule has 0 fully saturated rings. The van der Waals surface area contributed by atoms with E-state index in [0.29, 0.717) is 38.9 Å². The lowest BCUT2D eigenvalue weighted by Crippen LogP contribution is -2.18. The second kappa shape index (κ2) is 11.9. The van der Waals surface area contributed by atoms with Crippen LogP contribution in [0.25, 0.3) is 0 Å². The predicted molar refractivity (Wildman–Crippen MR) is 125 cm³/mol. The van der Waals surface area contributed by atoms with Gasteiger partial charge < -0.3 is 9.47 Å². The topological polar surface area (TPSA) is 52.6 Å². The molecular formula is C27H32O4. The van der Waals surface area contributed by atoms with Gasteiger partial charge in [0, 0.05) is 18.3 Å². The van der Waals surface area contributed by atoms with Crippen LogP contribution in [0.3, 0.4) is 0 Å². The number of hydrogen-bond acceptors (Lipinski definition) is 4. The zero-order chi connectivity index (χ0) is 22.7. The van der Waals surface area contributed by atoms with E-state index < -0.39 is 0 Å². The van der Waals surface area contributed by atoms with E-state index in [1.807, 2.05) is 24.3 Å². The van der Waals surface area contributed by atoms with E-state index in [0.717, 1.165) is 11.5 Å². The van der Waals surface area contributed by atoms with Gasteiger partial charge in [0.05, 0.1) is 13.2 Å². The third-order valence-corrected chi connectivity index (χ3v) is 5.28. The van der Waals surface area contributed by atoms with Crippen molar-refractivity contribution >= 4 is 11.6 Å². The first kappa shape index (κ1) is 24.1. The van der Waals surface area contributed by atoms with Crippen LogP contribution in [-0.4, -0.2) is 24.8 Å². The maximum Gasteiger partial charge on any atom is 0.155 e. The molecule has 4 nitrogen and oxygen atoms in total. The summed E-state index contributed by atoms with van der Waals surface area (Å²) in [6, 6.07) is 16.2. The van der Waals surface area contributed by atoms with Crippen LogP contribution in [0.2, 0.25) is 0 Å². The molecule has 0 aliphatic rings. The van der Waals surface area contributed by atoms with Crippen molar-refractivity contribution < 1.29 is 19.1 Å². The van der Waals surface area contributed by atoms with E-state index in [9.17, 15) is 9.59 Å². The van der Waals surface area contributed by atoms with E-state index in [1.54, 1.807) is 0 Å². The second-order valence-corrected chi connectivity index (χ2v) is 7.92. The summed E-state index contributed by atoms with van der Waals surface area (Å²) in [5.41, 5.74) is 2.18. The Labute approximate surface area is 185 Å².